The maximum atomic E-state index is 13.5. The monoisotopic (exact) mass is 273 g/mol. The molecule has 0 spiro atoms. The van der Waals surface area contributed by atoms with Crippen LogP contribution in [0.3, 0.4) is 0 Å². The van der Waals surface area contributed by atoms with Gasteiger partial charge in [-0.15, -0.1) is 0 Å². The number of hydrogen-bond donors (Lipinski definition) is 1. The number of carbonyl (C=O) groups is 1. The predicted octanol–water partition coefficient (Wildman–Crippen LogP) is 3.62. The molecule has 4 heteroatoms. The molecule has 0 aliphatic heterocycles. The van der Waals surface area contributed by atoms with Crippen molar-refractivity contribution in [2.75, 3.05) is 5.32 Å². The lowest BCUT2D eigenvalue weighted by Gasteiger charge is -2.17. The van der Waals surface area contributed by atoms with Crippen molar-refractivity contribution in [2.24, 2.45) is 0 Å². The van der Waals surface area contributed by atoms with Crippen LogP contribution < -0.4 is 10.1 Å². The maximum absolute atomic E-state index is 13.5. The van der Waals surface area contributed by atoms with E-state index in [1.165, 1.54) is 12.1 Å². The highest BCUT2D eigenvalue weighted by Crippen LogP contribution is 2.18. The van der Waals surface area contributed by atoms with Gasteiger partial charge in [-0.05, 0) is 30.7 Å². The Morgan fingerprint density at radius 3 is 2.45 bits per heavy atom. The Kier molecular flexibility index (Phi) is 4.71. The van der Waals surface area contributed by atoms with E-state index in [1.807, 2.05) is 25.1 Å². The molecule has 0 saturated heterocycles. The quantitative estimate of drug-likeness (QED) is 0.903. The van der Waals surface area contributed by atoms with Crippen LogP contribution in [0.5, 0.6) is 5.75 Å². The summed E-state index contributed by atoms with van der Waals surface area (Å²) in [5.41, 5.74) is 0.688. The Balaban J connectivity index is 2.05. The zero-order chi connectivity index (χ0) is 14.4. The molecule has 0 aliphatic rings. The van der Waals surface area contributed by atoms with Crippen molar-refractivity contribution < 1.29 is 13.9 Å². The van der Waals surface area contributed by atoms with Crippen molar-refractivity contribution >= 4 is 11.6 Å². The highest BCUT2D eigenvalue weighted by atomic mass is 19.1. The van der Waals surface area contributed by atoms with Gasteiger partial charge < -0.3 is 10.1 Å². The van der Waals surface area contributed by atoms with Crippen LogP contribution in [0, 0.1) is 5.82 Å². The number of rotatable bonds is 5. The van der Waals surface area contributed by atoms with Gasteiger partial charge in [0, 0.05) is 5.69 Å². The Labute approximate surface area is 117 Å². The van der Waals surface area contributed by atoms with Gasteiger partial charge in [0.2, 0.25) is 0 Å². The molecule has 0 saturated carbocycles. The van der Waals surface area contributed by atoms with Gasteiger partial charge in [-0.25, -0.2) is 4.39 Å². The molecular formula is C16H16FNO2. The third-order valence-electron chi connectivity index (χ3n) is 2.81. The first-order valence-corrected chi connectivity index (χ1v) is 6.47. The highest BCUT2D eigenvalue weighted by Gasteiger charge is 2.19. The number of anilines is 1. The van der Waals surface area contributed by atoms with Crippen LogP contribution in [0.15, 0.2) is 54.6 Å². The second kappa shape index (κ2) is 6.70. The largest absolute Gasteiger partial charge is 0.478 e. The average molecular weight is 273 g/mol. The standard InChI is InChI=1S/C16H16FNO2/c1-2-14(20-15-11-7-6-10-13(15)17)16(19)18-12-8-4-3-5-9-12/h3-11,14H,2H2,1H3,(H,18,19). The minimum Gasteiger partial charge on any atom is -0.478 e. The van der Waals surface area contributed by atoms with Gasteiger partial charge in [-0.2, -0.15) is 0 Å². The summed E-state index contributed by atoms with van der Waals surface area (Å²) >= 11 is 0. The fourth-order valence-corrected chi connectivity index (χ4v) is 1.76. The van der Waals surface area contributed by atoms with Gasteiger partial charge in [0.1, 0.15) is 0 Å². The predicted molar refractivity (Wildman–Crippen MR) is 76.2 cm³/mol. The number of benzene rings is 2. The summed E-state index contributed by atoms with van der Waals surface area (Å²) in [6.45, 7) is 1.82. The molecule has 2 aromatic rings. The van der Waals surface area contributed by atoms with E-state index in [0.717, 1.165) is 0 Å². The molecule has 2 rings (SSSR count). The Morgan fingerprint density at radius 1 is 1.15 bits per heavy atom. The van der Waals surface area contributed by atoms with Crippen molar-refractivity contribution in [1.29, 1.82) is 0 Å². The molecule has 0 bridgehead atoms. The van der Waals surface area contributed by atoms with E-state index in [2.05, 4.69) is 5.32 Å². The van der Waals surface area contributed by atoms with Crippen molar-refractivity contribution in [3.63, 3.8) is 0 Å². The molecule has 0 heterocycles. The number of ether oxygens (including phenoxy) is 1. The van der Waals surface area contributed by atoms with Crippen LogP contribution in [0.4, 0.5) is 10.1 Å². The lowest BCUT2D eigenvalue weighted by Crippen LogP contribution is -2.32. The second-order valence-electron chi connectivity index (χ2n) is 4.30. The summed E-state index contributed by atoms with van der Waals surface area (Å²) in [6.07, 6.45) is -0.278. The Bertz CT molecular complexity index is 572. The van der Waals surface area contributed by atoms with Crippen LogP contribution in [-0.2, 0) is 4.79 Å². The maximum Gasteiger partial charge on any atom is 0.265 e. The Hall–Kier alpha value is -2.36. The van der Waals surface area contributed by atoms with Crippen LogP contribution in [0.1, 0.15) is 13.3 Å². The molecule has 1 N–H and O–H groups in total. The summed E-state index contributed by atoms with van der Waals surface area (Å²) in [5.74, 6) is -0.678. The van der Waals surface area contributed by atoms with E-state index in [0.29, 0.717) is 12.1 Å². The van der Waals surface area contributed by atoms with Crippen molar-refractivity contribution in [3.8, 4) is 5.75 Å². The minimum absolute atomic E-state index is 0.0857. The Morgan fingerprint density at radius 2 is 1.80 bits per heavy atom. The van der Waals surface area contributed by atoms with Crippen molar-refractivity contribution in [1.82, 2.24) is 0 Å². The summed E-state index contributed by atoms with van der Waals surface area (Å²) in [6, 6.07) is 15.1. The van der Waals surface area contributed by atoms with Gasteiger partial charge in [0.05, 0.1) is 0 Å². The second-order valence-corrected chi connectivity index (χ2v) is 4.30. The van der Waals surface area contributed by atoms with Gasteiger partial charge in [-0.1, -0.05) is 37.3 Å². The molecule has 20 heavy (non-hydrogen) atoms. The van der Waals surface area contributed by atoms with Crippen molar-refractivity contribution in [2.45, 2.75) is 19.4 Å². The molecular weight excluding hydrogens is 257 g/mol. The third kappa shape index (κ3) is 3.57. The van der Waals surface area contributed by atoms with Crippen LogP contribution in [0.25, 0.3) is 0 Å². The zero-order valence-electron chi connectivity index (χ0n) is 11.2. The summed E-state index contributed by atoms with van der Waals surface area (Å²) < 4.78 is 19.0. The van der Waals surface area contributed by atoms with E-state index < -0.39 is 11.9 Å². The lowest BCUT2D eigenvalue weighted by molar-refractivity contribution is -0.122. The molecule has 2 aromatic carbocycles. The fraction of sp³-hybridized carbons (Fsp3) is 0.188. The average Bonchev–Trinajstić information content (AvgIpc) is 2.47. The molecule has 1 atom stereocenters. The summed E-state index contributed by atoms with van der Waals surface area (Å²) in [7, 11) is 0. The smallest absolute Gasteiger partial charge is 0.265 e. The first kappa shape index (κ1) is 14.1. The topological polar surface area (TPSA) is 38.3 Å². The molecule has 3 nitrogen and oxygen atoms in total. The number of amides is 1. The first-order chi connectivity index (χ1) is 9.70. The zero-order valence-corrected chi connectivity index (χ0v) is 11.2. The SMILES string of the molecule is CCC(Oc1ccccc1F)C(=O)Nc1ccccc1. The molecule has 1 unspecified atom stereocenters. The van der Waals surface area contributed by atoms with Crippen LogP contribution >= 0.6 is 0 Å². The number of nitrogens with one attached hydrogen (secondary N) is 1. The molecule has 0 aromatic heterocycles. The van der Waals surface area contributed by atoms with Crippen LogP contribution in [-0.4, -0.2) is 12.0 Å². The van der Waals surface area contributed by atoms with E-state index in [9.17, 15) is 9.18 Å². The van der Waals surface area contributed by atoms with E-state index in [-0.39, 0.29) is 11.7 Å². The summed E-state index contributed by atoms with van der Waals surface area (Å²) in [4.78, 5) is 12.1. The number of halogens is 1. The number of carbonyl (C=O) groups excluding carboxylic acids is 1. The fourth-order valence-electron chi connectivity index (χ4n) is 1.76. The molecule has 104 valence electrons. The summed E-state index contributed by atoms with van der Waals surface area (Å²) in [5, 5.41) is 2.75. The third-order valence-corrected chi connectivity index (χ3v) is 2.81. The van der Waals surface area contributed by atoms with E-state index in [4.69, 9.17) is 4.74 Å². The lowest BCUT2D eigenvalue weighted by atomic mass is 10.2. The van der Waals surface area contributed by atoms with Gasteiger partial charge in [0.25, 0.3) is 5.91 Å². The van der Waals surface area contributed by atoms with Crippen molar-refractivity contribution in [3.05, 3.63) is 60.4 Å². The van der Waals surface area contributed by atoms with Crippen LogP contribution in [0.2, 0.25) is 0 Å². The van der Waals surface area contributed by atoms with Gasteiger partial charge >= 0.3 is 0 Å². The molecule has 0 radical (unpaired) electrons. The molecule has 0 fully saturated rings. The highest BCUT2D eigenvalue weighted by molar-refractivity contribution is 5.94. The molecule has 1 amide bonds. The van der Waals surface area contributed by atoms with Gasteiger partial charge in [0.15, 0.2) is 17.7 Å². The van der Waals surface area contributed by atoms with Gasteiger partial charge in [-0.3, -0.25) is 4.79 Å². The first-order valence-electron chi connectivity index (χ1n) is 6.47. The number of hydrogen-bond acceptors (Lipinski definition) is 2. The minimum atomic E-state index is -0.730. The van der Waals surface area contributed by atoms with E-state index >= 15 is 0 Å². The molecule has 0 aliphatic carbocycles. The number of para-hydroxylation sites is 2. The van der Waals surface area contributed by atoms with E-state index in [1.54, 1.807) is 24.3 Å². The normalized spacial score (nSPS) is 11.7.